The molecule has 0 spiro atoms. The molecule has 0 aromatic heterocycles. The van der Waals surface area contributed by atoms with Crippen LogP contribution in [0.3, 0.4) is 0 Å². The lowest BCUT2D eigenvalue weighted by molar-refractivity contribution is -0.121. The third-order valence-electron chi connectivity index (χ3n) is 3.53. The van der Waals surface area contributed by atoms with Crippen molar-refractivity contribution < 1.29 is 22.4 Å². The highest BCUT2D eigenvalue weighted by molar-refractivity contribution is 7.89. The van der Waals surface area contributed by atoms with Gasteiger partial charge in [0.15, 0.2) is 0 Å². The van der Waals surface area contributed by atoms with Crippen molar-refractivity contribution in [2.45, 2.75) is 11.8 Å². The highest BCUT2D eigenvalue weighted by Gasteiger charge is 2.23. The molecule has 2 rings (SSSR count). The molecule has 0 unspecified atom stereocenters. The standard InChI is InChI=1S/C17H18FN3O4S/c1-12-7-9-13(10-8-12)26(24,25)21(2)11-16(22)19-20-17(23)14-5-3-4-6-15(14)18/h3-10H,11H2,1-2H3,(H,19,22)(H,20,23). The minimum absolute atomic E-state index is 0.0498. The summed E-state index contributed by atoms with van der Waals surface area (Å²) in [6.07, 6.45) is 0. The molecule has 0 aliphatic heterocycles. The lowest BCUT2D eigenvalue weighted by Crippen LogP contribution is -2.46. The van der Waals surface area contributed by atoms with E-state index in [0.717, 1.165) is 15.9 Å². The van der Waals surface area contributed by atoms with Crippen LogP contribution in [0.15, 0.2) is 53.4 Å². The van der Waals surface area contributed by atoms with Gasteiger partial charge >= 0.3 is 0 Å². The number of nitrogens with one attached hydrogen (secondary N) is 2. The molecule has 0 saturated heterocycles. The van der Waals surface area contributed by atoms with E-state index in [4.69, 9.17) is 0 Å². The second-order valence-corrected chi connectivity index (χ2v) is 7.60. The fourth-order valence-corrected chi connectivity index (χ4v) is 3.18. The van der Waals surface area contributed by atoms with Gasteiger partial charge in [-0.05, 0) is 31.2 Å². The van der Waals surface area contributed by atoms with Gasteiger partial charge < -0.3 is 0 Å². The Morgan fingerprint density at radius 1 is 1.04 bits per heavy atom. The SMILES string of the molecule is Cc1ccc(S(=O)(=O)N(C)CC(=O)NNC(=O)c2ccccc2F)cc1. The van der Waals surface area contributed by atoms with E-state index >= 15 is 0 Å². The molecule has 7 nitrogen and oxygen atoms in total. The lowest BCUT2D eigenvalue weighted by atomic mass is 10.2. The molecular weight excluding hydrogens is 361 g/mol. The highest BCUT2D eigenvalue weighted by Crippen LogP contribution is 2.14. The van der Waals surface area contributed by atoms with Crippen molar-refractivity contribution >= 4 is 21.8 Å². The molecule has 2 aromatic rings. The summed E-state index contributed by atoms with van der Waals surface area (Å²) >= 11 is 0. The van der Waals surface area contributed by atoms with Crippen molar-refractivity contribution in [2.75, 3.05) is 13.6 Å². The van der Waals surface area contributed by atoms with Crippen LogP contribution in [-0.4, -0.2) is 38.1 Å². The van der Waals surface area contributed by atoms with E-state index in [9.17, 15) is 22.4 Å². The number of aryl methyl sites for hydroxylation is 1. The Morgan fingerprint density at radius 2 is 1.65 bits per heavy atom. The van der Waals surface area contributed by atoms with Crippen LogP contribution in [0.2, 0.25) is 0 Å². The number of rotatable bonds is 5. The minimum atomic E-state index is -3.85. The fourth-order valence-electron chi connectivity index (χ4n) is 2.06. The van der Waals surface area contributed by atoms with Crippen LogP contribution in [0.4, 0.5) is 4.39 Å². The van der Waals surface area contributed by atoms with E-state index in [1.165, 1.54) is 37.4 Å². The summed E-state index contributed by atoms with van der Waals surface area (Å²) in [4.78, 5) is 23.7. The number of likely N-dealkylation sites (N-methyl/N-ethyl adjacent to an activating group) is 1. The first-order valence-electron chi connectivity index (χ1n) is 7.58. The van der Waals surface area contributed by atoms with E-state index in [1.54, 1.807) is 12.1 Å². The summed E-state index contributed by atoms with van der Waals surface area (Å²) < 4.78 is 39.1. The first-order valence-corrected chi connectivity index (χ1v) is 9.02. The van der Waals surface area contributed by atoms with Gasteiger partial charge in [-0.2, -0.15) is 4.31 Å². The summed E-state index contributed by atoms with van der Waals surface area (Å²) in [6.45, 7) is 1.31. The Labute approximate surface area is 150 Å². The number of nitrogens with zero attached hydrogens (tertiary/aromatic N) is 1. The van der Waals surface area contributed by atoms with Gasteiger partial charge in [0.2, 0.25) is 10.0 Å². The maximum absolute atomic E-state index is 13.5. The van der Waals surface area contributed by atoms with Gasteiger partial charge in [-0.25, -0.2) is 12.8 Å². The zero-order chi connectivity index (χ0) is 19.3. The number of hydrogen-bond donors (Lipinski definition) is 2. The molecule has 2 amide bonds. The maximum atomic E-state index is 13.5. The first-order chi connectivity index (χ1) is 12.2. The second kappa shape index (κ2) is 8.07. The third-order valence-corrected chi connectivity index (χ3v) is 5.35. The summed E-state index contributed by atoms with van der Waals surface area (Å²) in [5.41, 5.74) is 4.76. The molecule has 138 valence electrons. The summed E-state index contributed by atoms with van der Waals surface area (Å²) in [5.74, 6) is -2.35. The number of halogens is 1. The Bertz CT molecular complexity index is 914. The number of carbonyl (C=O) groups excluding carboxylic acids is 2. The zero-order valence-electron chi connectivity index (χ0n) is 14.2. The van der Waals surface area contributed by atoms with Crippen LogP contribution in [0.5, 0.6) is 0 Å². The average Bonchev–Trinajstić information content (AvgIpc) is 2.60. The smallest absolute Gasteiger partial charge is 0.272 e. The summed E-state index contributed by atoms with van der Waals surface area (Å²) in [6, 6.07) is 11.4. The van der Waals surface area contributed by atoms with Crippen LogP contribution in [-0.2, 0) is 14.8 Å². The number of hydrazine groups is 1. The van der Waals surface area contributed by atoms with Gasteiger partial charge in [0.1, 0.15) is 5.82 Å². The summed E-state index contributed by atoms with van der Waals surface area (Å²) in [5, 5.41) is 0. The van der Waals surface area contributed by atoms with E-state index < -0.39 is 34.2 Å². The lowest BCUT2D eigenvalue weighted by Gasteiger charge is -2.17. The molecule has 0 bridgehead atoms. The van der Waals surface area contributed by atoms with Gasteiger partial charge in [0.25, 0.3) is 11.8 Å². The van der Waals surface area contributed by atoms with Crippen molar-refractivity contribution in [3.8, 4) is 0 Å². The largest absolute Gasteiger partial charge is 0.272 e. The van der Waals surface area contributed by atoms with Crippen LogP contribution >= 0.6 is 0 Å². The van der Waals surface area contributed by atoms with Crippen molar-refractivity contribution in [1.82, 2.24) is 15.2 Å². The van der Waals surface area contributed by atoms with Crippen molar-refractivity contribution in [1.29, 1.82) is 0 Å². The van der Waals surface area contributed by atoms with Gasteiger partial charge in [-0.3, -0.25) is 20.4 Å². The van der Waals surface area contributed by atoms with Crippen molar-refractivity contribution in [2.24, 2.45) is 0 Å². The number of amides is 2. The van der Waals surface area contributed by atoms with E-state index in [1.807, 2.05) is 12.3 Å². The quantitative estimate of drug-likeness (QED) is 0.764. The van der Waals surface area contributed by atoms with Crippen LogP contribution in [0.25, 0.3) is 0 Å². The van der Waals surface area contributed by atoms with Gasteiger partial charge in [0, 0.05) is 7.05 Å². The van der Waals surface area contributed by atoms with Gasteiger partial charge in [-0.15, -0.1) is 0 Å². The molecule has 0 aliphatic rings. The molecule has 0 radical (unpaired) electrons. The van der Waals surface area contributed by atoms with Crippen molar-refractivity contribution in [3.05, 3.63) is 65.5 Å². The first kappa shape index (κ1) is 19.5. The predicted octanol–water partition coefficient (Wildman–Crippen LogP) is 1.22. The Balaban J connectivity index is 1.95. The molecule has 2 N–H and O–H groups in total. The van der Waals surface area contributed by atoms with E-state index in [-0.39, 0.29) is 10.5 Å². The molecule has 0 saturated carbocycles. The molecule has 26 heavy (non-hydrogen) atoms. The van der Waals surface area contributed by atoms with E-state index in [0.29, 0.717) is 0 Å². The predicted molar refractivity (Wildman–Crippen MR) is 93.0 cm³/mol. The number of sulfonamides is 1. The van der Waals surface area contributed by atoms with Crippen LogP contribution in [0, 0.1) is 12.7 Å². The highest BCUT2D eigenvalue weighted by atomic mass is 32.2. The van der Waals surface area contributed by atoms with Gasteiger partial charge in [-0.1, -0.05) is 29.8 Å². The van der Waals surface area contributed by atoms with Crippen LogP contribution < -0.4 is 10.9 Å². The Morgan fingerprint density at radius 3 is 2.27 bits per heavy atom. The van der Waals surface area contributed by atoms with Crippen LogP contribution in [0.1, 0.15) is 15.9 Å². The molecular formula is C17H18FN3O4S. The van der Waals surface area contributed by atoms with Gasteiger partial charge in [0.05, 0.1) is 17.0 Å². The Hall–Kier alpha value is -2.78. The number of carbonyl (C=O) groups is 2. The molecule has 0 atom stereocenters. The normalized spacial score (nSPS) is 11.2. The minimum Gasteiger partial charge on any atom is -0.272 e. The zero-order valence-corrected chi connectivity index (χ0v) is 15.0. The van der Waals surface area contributed by atoms with Crippen molar-refractivity contribution in [3.63, 3.8) is 0 Å². The van der Waals surface area contributed by atoms with E-state index in [2.05, 4.69) is 5.43 Å². The molecule has 0 fully saturated rings. The number of hydrogen-bond acceptors (Lipinski definition) is 4. The maximum Gasteiger partial charge on any atom is 0.272 e. The molecule has 0 heterocycles. The Kier molecular flexibility index (Phi) is 6.06. The molecule has 9 heteroatoms. The second-order valence-electron chi connectivity index (χ2n) is 5.56. The third kappa shape index (κ3) is 4.64. The number of benzene rings is 2. The fraction of sp³-hybridized carbons (Fsp3) is 0.176. The monoisotopic (exact) mass is 379 g/mol. The average molecular weight is 379 g/mol. The summed E-state index contributed by atoms with van der Waals surface area (Å²) in [7, 11) is -2.60. The molecule has 0 aliphatic carbocycles. The molecule has 2 aromatic carbocycles. The topological polar surface area (TPSA) is 95.6 Å².